The molecular formula is C32H38O9. The summed E-state index contributed by atoms with van der Waals surface area (Å²) < 4.78 is 19.5. The largest absolute Gasteiger partial charge is 0.490 e. The molecule has 0 aliphatic rings. The van der Waals surface area contributed by atoms with Gasteiger partial charge in [-0.1, -0.05) is 74.3 Å². The Morgan fingerprint density at radius 1 is 0.756 bits per heavy atom. The number of carbonyl (C=O) groups is 4. The van der Waals surface area contributed by atoms with Crippen LogP contribution in [0.25, 0.3) is 0 Å². The van der Waals surface area contributed by atoms with Crippen molar-refractivity contribution in [3.63, 3.8) is 0 Å². The van der Waals surface area contributed by atoms with E-state index in [1.54, 1.807) is 13.8 Å². The van der Waals surface area contributed by atoms with Gasteiger partial charge in [0.1, 0.15) is 25.6 Å². The molecule has 220 valence electrons. The Morgan fingerprint density at radius 2 is 1.29 bits per heavy atom. The third kappa shape index (κ3) is 18.1. The average molecular weight is 567 g/mol. The molecule has 0 fully saturated rings. The van der Waals surface area contributed by atoms with Gasteiger partial charge in [0, 0.05) is 22.3 Å². The van der Waals surface area contributed by atoms with Crippen molar-refractivity contribution < 1.29 is 43.2 Å². The highest BCUT2D eigenvalue weighted by molar-refractivity contribution is 5.89. The molecule has 1 N–H and O–H groups in total. The Balaban J connectivity index is 0.000000647. The van der Waals surface area contributed by atoms with E-state index in [9.17, 15) is 19.2 Å². The van der Waals surface area contributed by atoms with Gasteiger partial charge in [-0.2, -0.15) is 0 Å². The summed E-state index contributed by atoms with van der Waals surface area (Å²) in [5.74, 6) is -1.49. The topological polar surface area (TPSA) is 125 Å². The van der Waals surface area contributed by atoms with Gasteiger partial charge in [0.25, 0.3) is 0 Å². The van der Waals surface area contributed by atoms with Crippen LogP contribution in [-0.4, -0.2) is 49.3 Å². The number of rotatable bonds is 12. The highest BCUT2D eigenvalue weighted by atomic mass is 16.6. The second-order valence-corrected chi connectivity index (χ2v) is 8.41. The maximum absolute atomic E-state index is 11.6. The summed E-state index contributed by atoms with van der Waals surface area (Å²) in [5, 5.41) is 8.67. The predicted octanol–water partition coefficient (Wildman–Crippen LogP) is 5.63. The second-order valence-electron chi connectivity index (χ2n) is 8.41. The lowest BCUT2D eigenvalue weighted by Gasteiger charge is -2.06. The number of hydrogen-bond donors (Lipinski definition) is 1. The van der Waals surface area contributed by atoms with Crippen LogP contribution in [0.4, 0.5) is 0 Å². The van der Waals surface area contributed by atoms with Crippen molar-refractivity contribution in [1.29, 1.82) is 0 Å². The Labute approximate surface area is 241 Å². The van der Waals surface area contributed by atoms with Gasteiger partial charge in [-0.05, 0) is 44.9 Å². The SMILES string of the molecule is C=C(C)C(=O)OC.C=C(C)C(=O)OCCOc1ccccc1.C=C(CC=C(C)C(=O)O)C(=O)OCc1ccccc1. The van der Waals surface area contributed by atoms with Gasteiger partial charge in [-0.25, -0.2) is 19.2 Å². The molecule has 0 radical (unpaired) electrons. The molecule has 0 aromatic heterocycles. The molecule has 41 heavy (non-hydrogen) atoms. The molecule has 9 nitrogen and oxygen atoms in total. The van der Waals surface area contributed by atoms with Gasteiger partial charge in [-0.15, -0.1) is 0 Å². The normalized spacial score (nSPS) is 9.80. The third-order valence-corrected chi connectivity index (χ3v) is 4.70. The number of carboxylic acids is 1. The number of hydrogen-bond acceptors (Lipinski definition) is 8. The molecule has 0 unspecified atom stereocenters. The molecule has 0 atom stereocenters. The Bertz CT molecular complexity index is 1200. The molecule has 0 spiro atoms. The van der Waals surface area contributed by atoms with Crippen LogP contribution in [0.3, 0.4) is 0 Å². The number of benzene rings is 2. The molecule has 0 amide bonds. The van der Waals surface area contributed by atoms with Crippen molar-refractivity contribution in [2.45, 2.75) is 33.8 Å². The van der Waals surface area contributed by atoms with Crippen molar-refractivity contribution in [3.8, 4) is 5.75 Å². The Hall–Kier alpha value is -4.92. The fraction of sp³-hybridized carbons (Fsp3) is 0.250. The molecule has 2 aromatic rings. The average Bonchev–Trinajstić information content (AvgIpc) is 2.97. The van der Waals surface area contributed by atoms with E-state index in [1.807, 2.05) is 60.7 Å². The molecule has 9 heteroatoms. The van der Waals surface area contributed by atoms with Crippen molar-refractivity contribution >= 4 is 23.9 Å². The summed E-state index contributed by atoms with van der Waals surface area (Å²) >= 11 is 0. The first kappa shape index (κ1) is 36.1. The highest BCUT2D eigenvalue weighted by Crippen LogP contribution is 2.09. The predicted molar refractivity (Wildman–Crippen MR) is 156 cm³/mol. The van der Waals surface area contributed by atoms with Gasteiger partial charge in [0.2, 0.25) is 0 Å². The summed E-state index contributed by atoms with van der Waals surface area (Å²) in [5.41, 5.74) is 2.13. The molecule has 0 saturated heterocycles. The van der Waals surface area contributed by atoms with Crippen molar-refractivity contribution in [2.75, 3.05) is 20.3 Å². The lowest BCUT2D eigenvalue weighted by Crippen LogP contribution is -2.12. The van der Waals surface area contributed by atoms with Gasteiger partial charge in [-0.3, -0.25) is 0 Å². The molecule has 0 saturated carbocycles. The number of carbonyl (C=O) groups excluding carboxylic acids is 3. The van der Waals surface area contributed by atoms with E-state index in [0.717, 1.165) is 11.3 Å². The van der Waals surface area contributed by atoms with Crippen LogP contribution >= 0.6 is 0 Å². The first-order valence-corrected chi connectivity index (χ1v) is 12.4. The van der Waals surface area contributed by atoms with Crippen molar-refractivity contribution in [2.24, 2.45) is 0 Å². The zero-order valence-corrected chi connectivity index (χ0v) is 24.0. The van der Waals surface area contributed by atoms with E-state index in [2.05, 4.69) is 24.5 Å². The summed E-state index contributed by atoms with van der Waals surface area (Å²) in [4.78, 5) is 43.3. The fourth-order valence-corrected chi connectivity index (χ4v) is 2.38. The smallest absolute Gasteiger partial charge is 0.334 e. The standard InChI is InChI=1S/C15H16O4.C12H14O3.C5H8O2/c1-11(14(16)17)8-9-12(2)15(18)19-10-13-6-4-3-5-7-13;1-10(2)12(13)15-9-8-14-11-6-4-3-5-7-11;1-4(2)5(6)7-3/h3-8H,2,9-10H2,1H3,(H,16,17);3-7H,1,8-9H2,2H3;1H2,2-3H3. The molecule has 0 heterocycles. The number of aliphatic carboxylic acids is 1. The van der Waals surface area contributed by atoms with Gasteiger partial charge >= 0.3 is 23.9 Å². The van der Waals surface area contributed by atoms with E-state index in [4.69, 9.17) is 19.3 Å². The number of esters is 3. The lowest BCUT2D eigenvalue weighted by atomic mass is 10.1. The Kier molecular flexibility index (Phi) is 18.5. The first-order valence-electron chi connectivity index (χ1n) is 12.4. The van der Waals surface area contributed by atoms with Crippen LogP contribution in [0.2, 0.25) is 0 Å². The van der Waals surface area contributed by atoms with E-state index in [1.165, 1.54) is 20.1 Å². The van der Waals surface area contributed by atoms with E-state index in [-0.39, 0.29) is 42.7 Å². The number of allylic oxidation sites excluding steroid dienone is 1. The summed E-state index contributed by atoms with van der Waals surface area (Å²) in [6.07, 6.45) is 1.61. The minimum absolute atomic E-state index is 0.172. The van der Waals surface area contributed by atoms with Crippen LogP contribution in [0.5, 0.6) is 5.75 Å². The lowest BCUT2D eigenvalue weighted by molar-refractivity contribution is -0.140. The number of methoxy groups -OCH3 is 1. The molecule has 2 rings (SSSR count). The monoisotopic (exact) mass is 566 g/mol. The van der Waals surface area contributed by atoms with Crippen LogP contribution in [0.15, 0.2) is 109 Å². The van der Waals surface area contributed by atoms with E-state index in [0.29, 0.717) is 17.8 Å². The van der Waals surface area contributed by atoms with Crippen LogP contribution in [0, 0.1) is 0 Å². The maximum atomic E-state index is 11.6. The van der Waals surface area contributed by atoms with Crippen molar-refractivity contribution in [1.82, 2.24) is 0 Å². The van der Waals surface area contributed by atoms with E-state index >= 15 is 0 Å². The molecule has 2 aromatic carbocycles. The third-order valence-electron chi connectivity index (χ3n) is 4.70. The van der Waals surface area contributed by atoms with Gasteiger partial charge < -0.3 is 24.1 Å². The van der Waals surface area contributed by atoms with Crippen LogP contribution in [0.1, 0.15) is 32.8 Å². The zero-order valence-electron chi connectivity index (χ0n) is 24.0. The summed E-state index contributed by atoms with van der Waals surface area (Å²) in [7, 11) is 1.33. The fourth-order valence-electron chi connectivity index (χ4n) is 2.38. The maximum Gasteiger partial charge on any atom is 0.334 e. The zero-order chi connectivity index (χ0) is 31.2. The van der Waals surface area contributed by atoms with Crippen LogP contribution in [-0.2, 0) is 40.0 Å². The molecular weight excluding hydrogens is 528 g/mol. The highest BCUT2D eigenvalue weighted by Gasteiger charge is 2.09. The minimum atomic E-state index is -1.01. The van der Waals surface area contributed by atoms with Crippen LogP contribution < -0.4 is 4.74 Å². The Morgan fingerprint density at radius 3 is 1.76 bits per heavy atom. The summed E-state index contributed by atoms with van der Waals surface area (Å²) in [6, 6.07) is 18.7. The molecule has 0 aliphatic carbocycles. The van der Waals surface area contributed by atoms with Crippen molar-refractivity contribution in [3.05, 3.63) is 114 Å². The number of ether oxygens (including phenoxy) is 4. The molecule has 0 aliphatic heterocycles. The quantitative estimate of drug-likeness (QED) is 0.151. The van der Waals surface area contributed by atoms with E-state index < -0.39 is 11.9 Å². The minimum Gasteiger partial charge on any atom is -0.490 e. The second kappa shape index (κ2) is 21.0. The summed E-state index contributed by atoms with van der Waals surface area (Å²) in [6.45, 7) is 15.9. The number of carboxylic acid groups (broad SMARTS) is 1. The van der Waals surface area contributed by atoms with Gasteiger partial charge in [0.05, 0.1) is 7.11 Å². The first-order chi connectivity index (χ1) is 19.4. The van der Waals surface area contributed by atoms with Gasteiger partial charge in [0.15, 0.2) is 0 Å². The number of para-hydroxylation sites is 1. The molecule has 0 bridgehead atoms.